The Hall–Kier alpha value is -2.97. The van der Waals surface area contributed by atoms with Crippen molar-refractivity contribution in [3.05, 3.63) is 100 Å². The number of rotatable bonds is 6. The van der Waals surface area contributed by atoms with Crippen molar-refractivity contribution in [1.29, 1.82) is 0 Å². The van der Waals surface area contributed by atoms with Gasteiger partial charge in [0.1, 0.15) is 5.60 Å². The number of nitrogens with zero attached hydrogens (tertiary/aromatic N) is 1. The van der Waals surface area contributed by atoms with E-state index in [1.54, 1.807) is 57.2 Å². The van der Waals surface area contributed by atoms with Crippen molar-refractivity contribution in [2.45, 2.75) is 37.8 Å². The molecule has 0 saturated carbocycles. The molecule has 0 unspecified atom stereocenters. The molecular weight excluding hydrogens is 506 g/mol. The number of sulfonamides is 1. The zero-order valence-electron chi connectivity index (χ0n) is 18.5. The van der Waals surface area contributed by atoms with E-state index >= 15 is 0 Å². The van der Waals surface area contributed by atoms with Crippen LogP contribution in [0.2, 0.25) is 0 Å². The largest absolute Gasteiger partial charge is 0.456 e. The molecule has 0 saturated heterocycles. The molecule has 3 aromatic carbocycles. The van der Waals surface area contributed by atoms with E-state index in [1.165, 1.54) is 36.4 Å². The summed E-state index contributed by atoms with van der Waals surface area (Å²) in [7, 11) is -4.14. The molecule has 6 nitrogen and oxygen atoms in total. The fourth-order valence-corrected chi connectivity index (χ4v) is 4.62. The van der Waals surface area contributed by atoms with Crippen molar-refractivity contribution >= 4 is 37.8 Å². The van der Waals surface area contributed by atoms with Crippen LogP contribution in [-0.4, -0.2) is 30.2 Å². The van der Waals surface area contributed by atoms with Crippen molar-refractivity contribution in [2.75, 3.05) is 0 Å². The van der Waals surface area contributed by atoms with Gasteiger partial charge in [0.25, 0.3) is 15.9 Å². The lowest BCUT2D eigenvalue weighted by atomic mass is 10.1. The van der Waals surface area contributed by atoms with Crippen molar-refractivity contribution in [1.82, 2.24) is 4.31 Å². The molecule has 0 radical (unpaired) electrons. The van der Waals surface area contributed by atoms with Gasteiger partial charge >= 0.3 is 5.97 Å². The van der Waals surface area contributed by atoms with Gasteiger partial charge in [-0.1, -0.05) is 46.3 Å². The quantitative estimate of drug-likeness (QED) is 0.397. The lowest BCUT2D eigenvalue weighted by Gasteiger charge is -2.23. The minimum atomic E-state index is -4.14. The Labute approximate surface area is 202 Å². The van der Waals surface area contributed by atoms with Gasteiger partial charge in [0.2, 0.25) is 0 Å². The smallest absolute Gasteiger partial charge is 0.338 e. The molecule has 0 spiro atoms. The molecule has 3 aromatic rings. The van der Waals surface area contributed by atoms with E-state index in [2.05, 4.69) is 15.9 Å². The third-order valence-corrected chi connectivity index (χ3v) is 6.84. The molecule has 0 N–H and O–H groups in total. The number of halogens is 1. The van der Waals surface area contributed by atoms with Gasteiger partial charge in [-0.3, -0.25) is 4.79 Å². The zero-order valence-corrected chi connectivity index (χ0v) is 20.9. The van der Waals surface area contributed by atoms with E-state index in [0.717, 1.165) is 8.78 Å². The fraction of sp³-hybridized carbons (Fsp3) is 0.200. The van der Waals surface area contributed by atoms with Crippen LogP contribution in [0.3, 0.4) is 0 Å². The minimum absolute atomic E-state index is 0.000330. The predicted octanol–water partition coefficient (Wildman–Crippen LogP) is 5.44. The summed E-state index contributed by atoms with van der Waals surface area (Å²) in [6.07, 6.45) is 0. The van der Waals surface area contributed by atoms with Crippen LogP contribution in [0.15, 0.2) is 88.2 Å². The number of amides is 1. The summed E-state index contributed by atoms with van der Waals surface area (Å²) < 4.78 is 33.7. The van der Waals surface area contributed by atoms with E-state index in [-0.39, 0.29) is 22.6 Å². The van der Waals surface area contributed by atoms with E-state index in [1.807, 2.05) is 6.07 Å². The summed E-state index contributed by atoms with van der Waals surface area (Å²) in [5.74, 6) is -1.22. The third kappa shape index (κ3) is 6.30. The van der Waals surface area contributed by atoms with Crippen LogP contribution in [0.1, 0.15) is 47.1 Å². The standard InChI is InChI=1S/C25H24BrNO5S/c1-25(2,3)32-24(29)20-11-9-19(10-12-20)23(28)27(17-18-7-5-4-6-8-18)33(30,31)22-15-13-21(26)14-16-22/h4-16H,17H2,1-3H3. The van der Waals surface area contributed by atoms with Crippen LogP contribution in [0.25, 0.3) is 0 Å². The number of carbonyl (C=O) groups is 2. The number of esters is 1. The molecule has 0 aromatic heterocycles. The van der Waals surface area contributed by atoms with Crippen LogP contribution in [-0.2, 0) is 21.3 Å². The van der Waals surface area contributed by atoms with Gasteiger partial charge in [0, 0.05) is 10.0 Å². The molecule has 3 rings (SSSR count). The Morgan fingerprint density at radius 3 is 1.94 bits per heavy atom. The van der Waals surface area contributed by atoms with Gasteiger partial charge in [-0.15, -0.1) is 0 Å². The molecule has 1 amide bonds. The van der Waals surface area contributed by atoms with Gasteiger partial charge in [0.05, 0.1) is 17.0 Å². The highest BCUT2D eigenvalue weighted by Gasteiger charge is 2.30. The Kier molecular flexibility index (Phi) is 7.39. The van der Waals surface area contributed by atoms with Crippen LogP contribution in [0.5, 0.6) is 0 Å². The topological polar surface area (TPSA) is 80.8 Å². The molecule has 0 aliphatic heterocycles. The first-order valence-corrected chi connectivity index (χ1v) is 12.4. The number of hydrogen-bond acceptors (Lipinski definition) is 5. The van der Waals surface area contributed by atoms with Crippen molar-refractivity contribution < 1.29 is 22.7 Å². The van der Waals surface area contributed by atoms with Gasteiger partial charge in [-0.25, -0.2) is 17.5 Å². The molecule has 0 bridgehead atoms. The predicted molar refractivity (Wildman–Crippen MR) is 129 cm³/mol. The summed E-state index contributed by atoms with van der Waals surface area (Å²) in [4.78, 5) is 25.6. The maximum absolute atomic E-state index is 13.4. The van der Waals surface area contributed by atoms with Gasteiger partial charge in [-0.05, 0) is 74.9 Å². The lowest BCUT2D eigenvalue weighted by Crippen LogP contribution is -2.36. The van der Waals surface area contributed by atoms with Gasteiger partial charge in [-0.2, -0.15) is 0 Å². The highest BCUT2D eigenvalue weighted by Crippen LogP contribution is 2.23. The summed E-state index contributed by atoms with van der Waals surface area (Å²) in [6.45, 7) is 5.15. The Bertz CT molecular complexity index is 1230. The molecule has 0 aliphatic carbocycles. The second-order valence-electron chi connectivity index (χ2n) is 8.34. The first kappa shape index (κ1) is 24.7. The number of ether oxygens (including phenoxy) is 1. The highest BCUT2D eigenvalue weighted by molar-refractivity contribution is 9.10. The molecule has 8 heteroatoms. The van der Waals surface area contributed by atoms with Gasteiger partial charge < -0.3 is 4.74 Å². The molecular formula is C25H24BrNO5S. The SMILES string of the molecule is CC(C)(C)OC(=O)c1ccc(C(=O)N(Cc2ccccc2)S(=O)(=O)c2ccc(Br)cc2)cc1. The Morgan fingerprint density at radius 1 is 0.848 bits per heavy atom. The summed E-state index contributed by atoms with van der Waals surface area (Å²) >= 11 is 3.29. The first-order chi connectivity index (χ1) is 15.5. The minimum Gasteiger partial charge on any atom is -0.456 e. The number of carbonyl (C=O) groups excluding carboxylic acids is 2. The lowest BCUT2D eigenvalue weighted by molar-refractivity contribution is 0.00692. The summed E-state index contributed by atoms with van der Waals surface area (Å²) in [5.41, 5.74) is 0.416. The van der Waals surface area contributed by atoms with E-state index in [9.17, 15) is 18.0 Å². The van der Waals surface area contributed by atoms with Crippen LogP contribution >= 0.6 is 15.9 Å². The number of benzene rings is 3. The summed E-state index contributed by atoms with van der Waals surface area (Å²) in [6, 6.07) is 20.7. The summed E-state index contributed by atoms with van der Waals surface area (Å²) in [5, 5.41) is 0. The Balaban J connectivity index is 1.95. The molecule has 0 heterocycles. The third-order valence-electron chi connectivity index (χ3n) is 4.56. The molecule has 172 valence electrons. The van der Waals surface area contributed by atoms with Crippen LogP contribution in [0.4, 0.5) is 0 Å². The molecule has 0 atom stereocenters. The highest BCUT2D eigenvalue weighted by atomic mass is 79.9. The average molecular weight is 530 g/mol. The maximum Gasteiger partial charge on any atom is 0.338 e. The normalized spacial score (nSPS) is 11.6. The first-order valence-electron chi connectivity index (χ1n) is 10.2. The van der Waals surface area contributed by atoms with Crippen molar-refractivity contribution in [2.24, 2.45) is 0 Å². The second-order valence-corrected chi connectivity index (χ2v) is 11.1. The van der Waals surface area contributed by atoms with E-state index in [4.69, 9.17) is 4.74 Å². The molecule has 0 fully saturated rings. The van der Waals surface area contributed by atoms with Gasteiger partial charge in [0.15, 0.2) is 0 Å². The molecule has 0 aliphatic rings. The second kappa shape index (κ2) is 9.89. The van der Waals surface area contributed by atoms with Crippen molar-refractivity contribution in [3.8, 4) is 0 Å². The Morgan fingerprint density at radius 2 is 1.39 bits per heavy atom. The average Bonchev–Trinajstić information content (AvgIpc) is 2.77. The van der Waals surface area contributed by atoms with E-state index < -0.39 is 27.5 Å². The van der Waals surface area contributed by atoms with E-state index in [0.29, 0.717) is 5.56 Å². The van der Waals surface area contributed by atoms with Crippen LogP contribution < -0.4 is 0 Å². The monoisotopic (exact) mass is 529 g/mol. The molecule has 33 heavy (non-hydrogen) atoms. The van der Waals surface area contributed by atoms with Crippen molar-refractivity contribution in [3.63, 3.8) is 0 Å². The van der Waals surface area contributed by atoms with Crippen LogP contribution in [0, 0.1) is 0 Å². The number of hydrogen-bond donors (Lipinski definition) is 0. The maximum atomic E-state index is 13.4. The zero-order chi connectivity index (χ0) is 24.2. The fourth-order valence-electron chi connectivity index (χ4n) is 2.98.